The van der Waals surface area contributed by atoms with Gasteiger partial charge in [-0.1, -0.05) is 12.1 Å². The summed E-state index contributed by atoms with van der Waals surface area (Å²) in [5.41, 5.74) is 1.43. The molecule has 0 unspecified atom stereocenters. The molecule has 0 N–H and O–H groups in total. The molecule has 7 heteroatoms. The van der Waals surface area contributed by atoms with Crippen molar-refractivity contribution in [3.63, 3.8) is 0 Å². The van der Waals surface area contributed by atoms with Gasteiger partial charge in [-0.15, -0.1) is 0 Å². The highest BCUT2D eigenvalue weighted by Gasteiger charge is 2.32. The fourth-order valence-electron chi connectivity index (χ4n) is 3.54. The van der Waals surface area contributed by atoms with Crippen molar-refractivity contribution in [3.8, 4) is 0 Å². The molecule has 0 saturated carbocycles. The summed E-state index contributed by atoms with van der Waals surface area (Å²) in [5, 5.41) is 4.33. The van der Waals surface area contributed by atoms with Crippen LogP contribution in [-0.2, 0) is 19.8 Å². The number of halogens is 3. The van der Waals surface area contributed by atoms with E-state index in [2.05, 4.69) is 10.00 Å². The largest absolute Gasteiger partial charge is 0.416 e. The second-order valence-electron chi connectivity index (χ2n) is 6.93. The van der Waals surface area contributed by atoms with E-state index in [0.29, 0.717) is 19.5 Å². The second kappa shape index (κ2) is 7.23. The predicted octanol–water partition coefficient (Wildman–Crippen LogP) is 3.84. The van der Waals surface area contributed by atoms with E-state index in [1.54, 1.807) is 4.68 Å². The summed E-state index contributed by atoms with van der Waals surface area (Å²) in [7, 11) is 1.87. The molecule has 1 saturated heterocycles. The molecule has 2 heterocycles. The van der Waals surface area contributed by atoms with E-state index in [9.17, 15) is 18.0 Å². The van der Waals surface area contributed by atoms with E-state index >= 15 is 0 Å². The van der Waals surface area contributed by atoms with Crippen LogP contribution in [0.15, 0.2) is 30.5 Å². The molecule has 1 aliphatic heterocycles. The van der Waals surface area contributed by atoms with Gasteiger partial charge in [0.05, 0.1) is 11.3 Å². The van der Waals surface area contributed by atoms with Crippen LogP contribution in [0.1, 0.15) is 40.0 Å². The number of carbonyl (C=O) groups excluding carboxylic acids is 1. The third-order valence-corrected chi connectivity index (χ3v) is 4.86. The van der Waals surface area contributed by atoms with Crippen molar-refractivity contribution in [3.05, 3.63) is 52.8 Å². The van der Waals surface area contributed by atoms with Crippen LogP contribution in [0.4, 0.5) is 13.2 Å². The number of hydrogen-bond acceptors (Lipinski definition) is 3. The van der Waals surface area contributed by atoms with Gasteiger partial charge in [0.2, 0.25) is 0 Å². The Bertz CT molecular complexity index is 798. The molecule has 1 aromatic heterocycles. The van der Waals surface area contributed by atoms with Crippen molar-refractivity contribution < 1.29 is 18.0 Å². The van der Waals surface area contributed by atoms with E-state index < -0.39 is 11.7 Å². The summed E-state index contributed by atoms with van der Waals surface area (Å²) in [6.07, 6.45) is -0.910. The lowest BCUT2D eigenvalue weighted by atomic mass is 9.89. The molecule has 1 atom stereocenters. The van der Waals surface area contributed by atoms with Crippen LogP contribution in [0, 0.1) is 12.8 Å². The maximum atomic E-state index is 12.9. The standard InChI is InChI=1S/C19H22F3N3O/c1-13-16(10-24(2)23-13)12-25-8-4-6-15(11-25)18(26)14-5-3-7-17(9-14)19(20,21)22/h3,5,7,9-10,15H,4,6,8,11-12H2,1-2H3/t15-/m1/s1. The smallest absolute Gasteiger partial charge is 0.298 e. The molecule has 0 aliphatic carbocycles. The normalized spacial score (nSPS) is 18.9. The fraction of sp³-hybridized carbons (Fsp3) is 0.474. The van der Waals surface area contributed by atoms with Gasteiger partial charge in [-0.05, 0) is 38.4 Å². The summed E-state index contributed by atoms with van der Waals surface area (Å²) in [5.74, 6) is -0.479. The van der Waals surface area contributed by atoms with E-state index in [0.717, 1.165) is 36.4 Å². The first-order valence-electron chi connectivity index (χ1n) is 8.67. The molecule has 0 radical (unpaired) electrons. The summed E-state index contributed by atoms with van der Waals surface area (Å²) < 4.78 is 40.4. The number of likely N-dealkylation sites (tertiary alicyclic amines) is 1. The van der Waals surface area contributed by atoms with Crippen LogP contribution in [-0.4, -0.2) is 33.6 Å². The number of rotatable bonds is 4. The number of hydrogen-bond donors (Lipinski definition) is 0. The average molecular weight is 365 g/mol. The minimum Gasteiger partial charge on any atom is -0.298 e. The average Bonchev–Trinajstić information content (AvgIpc) is 2.91. The van der Waals surface area contributed by atoms with Gasteiger partial charge in [-0.2, -0.15) is 18.3 Å². The fourth-order valence-corrected chi connectivity index (χ4v) is 3.54. The van der Waals surface area contributed by atoms with Gasteiger partial charge in [0, 0.05) is 43.4 Å². The van der Waals surface area contributed by atoms with E-state index in [-0.39, 0.29) is 17.3 Å². The van der Waals surface area contributed by atoms with Crippen LogP contribution < -0.4 is 0 Å². The quantitative estimate of drug-likeness (QED) is 0.773. The minimum absolute atomic E-state index is 0.143. The molecule has 26 heavy (non-hydrogen) atoms. The number of benzene rings is 1. The molecule has 140 valence electrons. The van der Waals surface area contributed by atoms with Crippen molar-refractivity contribution in [2.24, 2.45) is 13.0 Å². The number of aryl methyl sites for hydroxylation is 2. The summed E-state index contributed by atoms with van der Waals surface area (Å²) in [6, 6.07) is 4.74. The van der Waals surface area contributed by atoms with Gasteiger partial charge >= 0.3 is 6.18 Å². The molecular weight excluding hydrogens is 343 g/mol. The topological polar surface area (TPSA) is 38.1 Å². The third-order valence-electron chi connectivity index (χ3n) is 4.86. The number of nitrogens with zero attached hydrogens (tertiary/aromatic N) is 3. The summed E-state index contributed by atoms with van der Waals surface area (Å²) in [4.78, 5) is 14.9. The van der Waals surface area contributed by atoms with Crippen molar-refractivity contribution in [2.45, 2.75) is 32.5 Å². The van der Waals surface area contributed by atoms with E-state index in [4.69, 9.17) is 0 Å². The van der Waals surface area contributed by atoms with Gasteiger partial charge in [0.25, 0.3) is 0 Å². The molecule has 0 bridgehead atoms. The Morgan fingerprint density at radius 2 is 2.12 bits per heavy atom. The number of piperidine rings is 1. The Hall–Kier alpha value is -2.15. The summed E-state index contributed by atoms with van der Waals surface area (Å²) in [6.45, 7) is 4.08. The van der Waals surface area contributed by atoms with Gasteiger partial charge in [0.15, 0.2) is 5.78 Å². The van der Waals surface area contributed by atoms with E-state index in [1.165, 1.54) is 12.1 Å². The SMILES string of the molecule is Cc1nn(C)cc1CN1CCC[C@@H](C(=O)c2cccc(C(F)(F)F)c2)C1. The molecule has 1 fully saturated rings. The van der Waals surface area contributed by atoms with Crippen molar-refractivity contribution >= 4 is 5.78 Å². The Morgan fingerprint density at radius 1 is 1.35 bits per heavy atom. The van der Waals surface area contributed by atoms with Crippen molar-refractivity contribution in [1.29, 1.82) is 0 Å². The number of aromatic nitrogens is 2. The van der Waals surface area contributed by atoms with Gasteiger partial charge in [-0.3, -0.25) is 14.4 Å². The first-order valence-corrected chi connectivity index (χ1v) is 8.67. The molecule has 2 aromatic rings. The first kappa shape index (κ1) is 18.6. The van der Waals surface area contributed by atoms with Gasteiger partial charge in [-0.25, -0.2) is 0 Å². The number of Topliss-reactive ketones (excluding diaryl/α,β-unsaturated/α-hetero) is 1. The monoisotopic (exact) mass is 365 g/mol. The third kappa shape index (κ3) is 4.15. The van der Waals surface area contributed by atoms with Crippen LogP contribution in [0.5, 0.6) is 0 Å². The maximum absolute atomic E-state index is 12.9. The highest BCUT2D eigenvalue weighted by molar-refractivity contribution is 5.98. The molecule has 3 rings (SSSR count). The highest BCUT2D eigenvalue weighted by Crippen LogP contribution is 2.31. The number of alkyl halides is 3. The molecule has 0 spiro atoms. The Balaban J connectivity index is 1.71. The number of carbonyl (C=O) groups is 1. The zero-order chi connectivity index (χ0) is 18.9. The van der Waals surface area contributed by atoms with E-state index in [1.807, 2.05) is 20.2 Å². The lowest BCUT2D eigenvalue weighted by Gasteiger charge is -2.32. The molecule has 1 aliphatic rings. The molecule has 4 nitrogen and oxygen atoms in total. The van der Waals surface area contributed by atoms with Crippen LogP contribution in [0.2, 0.25) is 0 Å². The minimum atomic E-state index is -4.44. The van der Waals surface area contributed by atoms with Crippen molar-refractivity contribution in [1.82, 2.24) is 14.7 Å². The van der Waals surface area contributed by atoms with Crippen LogP contribution >= 0.6 is 0 Å². The zero-order valence-corrected chi connectivity index (χ0v) is 14.9. The van der Waals surface area contributed by atoms with Crippen molar-refractivity contribution in [2.75, 3.05) is 13.1 Å². The van der Waals surface area contributed by atoms with Crippen LogP contribution in [0.3, 0.4) is 0 Å². The highest BCUT2D eigenvalue weighted by atomic mass is 19.4. The van der Waals surface area contributed by atoms with Gasteiger partial charge in [0.1, 0.15) is 0 Å². The molecule has 0 amide bonds. The lowest BCUT2D eigenvalue weighted by molar-refractivity contribution is -0.137. The summed E-state index contributed by atoms with van der Waals surface area (Å²) >= 11 is 0. The Morgan fingerprint density at radius 3 is 2.77 bits per heavy atom. The molecule has 1 aromatic carbocycles. The first-order chi connectivity index (χ1) is 12.2. The second-order valence-corrected chi connectivity index (χ2v) is 6.93. The van der Waals surface area contributed by atoms with Crippen LogP contribution in [0.25, 0.3) is 0 Å². The number of ketones is 1. The predicted molar refractivity (Wildman–Crippen MR) is 91.7 cm³/mol. The maximum Gasteiger partial charge on any atom is 0.416 e. The van der Waals surface area contributed by atoms with Gasteiger partial charge < -0.3 is 0 Å². The lowest BCUT2D eigenvalue weighted by Crippen LogP contribution is -2.38. The molecular formula is C19H22F3N3O. The Labute approximate surface area is 150 Å². The Kier molecular flexibility index (Phi) is 5.18. The zero-order valence-electron chi connectivity index (χ0n) is 14.9.